The molecule has 0 atom stereocenters. The molecule has 0 spiro atoms. The molecule has 0 rings (SSSR count). The molecule has 9 heteroatoms. The molecule has 0 aliphatic carbocycles. The third-order valence-electron chi connectivity index (χ3n) is 0.287. The molecule has 0 radical (unpaired) electrons. The summed E-state index contributed by atoms with van der Waals surface area (Å²) in [5.74, 6) is 0. The van der Waals surface area contributed by atoms with E-state index in [4.69, 9.17) is 15.9 Å². The number of nitrogens with two attached hydrogens (primary N) is 1. The fourth-order valence-corrected chi connectivity index (χ4v) is 0.142. The van der Waals surface area contributed by atoms with Gasteiger partial charge in [-0.15, -0.1) is 0 Å². The summed E-state index contributed by atoms with van der Waals surface area (Å²) >= 11 is -5.75. The topological polar surface area (TPSA) is 133 Å². The van der Waals surface area contributed by atoms with Gasteiger partial charge in [0, 0.05) is 0 Å². The maximum atomic E-state index is 9.60. The summed E-state index contributed by atoms with van der Waals surface area (Å²) in [5.41, 5.74) is 4.54. The van der Waals surface area contributed by atoms with Crippen LogP contribution in [0, 0.1) is 0 Å². The van der Waals surface area contributed by atoms with E-state index in [-0.39, 0.29) is 19.5 Å². The monoisotopic (exact) mass is 269 g/mol. The number of primary amides is 1. The van der Waals surface area contributed by atoms with E-state index < -0.39 is 19.7 Å². The largest absolute Gasteiger partial charge is 2.00 e. The van der Waals surface area contributed by atoms with Crippen molar-refractivity contribution in [2.45, 2.75) is 6.92 Å². The van der Waals surface area contributed by atoms with E-state index in [0.717, 1.165) is 0 Å². The molecule has 0 saturated heterocycles. The minimum Gasteiger partial charge on any atom is 2.00 e. The fourth-order valence-electron chi connectivity index (χ4n) is 0.142. The Kier molecular flexibility index (Phi) is 13.5. The van der Waals surface area contributed by atoms with Crippen molar-refractivity contribution < 1.29 is 58.5 Å². The summed E-state index contributed by atoms with van der Waals surface area (Å²) in [6.07, 6.45) is -0.711. The average Bonchev–Trinajstić information content (AvgIpc) is 1.58. The van der Waals surface area contributed by atoms with Crippen molar-refractivity contribution in [1.82, 2.24) is 0 Å². The second kappa shape index (κ2) is 9.04. The maximum Gasteiger partial charge on any atom is 2.00 e. The van der Waals surface area contributed by atoms with Gasteiger partial charge in [0.15, 0.2) is 0 Å². The Hall–Kier alpha value is -0.0542. The molecule has 0 heterocycles. The van der Waals surface area contributed by atoms with Crippen LogP contribution in [-0.2, 0) is 45.4 Å². The summed E-state index contributed by atoms with van der Waals surface area (Å²) in [6, 6.07) is 0. The van der Waals surface area contributed by atoms with Gasteiger partial charge in [0.2, 0.25) is 0 Å². The molecular weight excluding hydrogens is 263 g/mol. The van der Waals surface area contributed by atoms with E-state index in [1.165, 1.54) is 0 Å². The van der Waals surface area contributed by atoms with Gasteiger partial charge in [-0.25, -0.2) is 4.79 Å². The van der Waals surface area contributed by atoms with Gasteiger partial charge in [-0.3, -0.25) is 0 Å². The number of carbonyl (C=O) groups is 1. The first-order valence-electron chi connectivity index (χ1n) is 2.36. The Bertz CT molecular complexity index is 193. The molecule has 0 saturated carbocycles. The number of hydrogen-bond acceptors (Lipinski definition) is 6. The Morgan fingerprint density at radius 1 is 1.50 bits per heavy atom. The summed E-state index contributed by atoms with van der Waals surface area (Å²) in [4.78, 5) is 9.60. The second-order valence-electron chi connectivity index (χ2n) is 1.16. The summed E-state index contributed by atoms with van der Waals surface area (Å²) < 4.78 is 38.6. The van der Waals surface area contributed by atoms with E-state index in [0.29, 0.717) is 6.61 Å². The molecule has 0 aliphatic heterocycles. The van der Waals surface area contributed by atoms with Gasteiger partial charge in [0.25, 0.3) is 0 Å². The number of ether oxygens (including phenoxy) is 1. The first-order chi connectivity index (χ1) is 4.77. The zero-order chi connectivity index (χ0) is 9.49. The van der Waals surface area contributed by atoms with Crippen molar-refractivity contribution in [3.63, 3.8) is 0 Å². The summed E-state index contributed by atoms with van der Waals surface area (Å²) in [6.45, 7) is 2.06. The van der Waals surface area contributed by atoms with Gasteiger partial charge < -0.3 is 10.5 Å². The van der Waals surface area contributed by atoms with Crippen LogP contribution in [0.4, 0.5) is 4.79 Å². The molecule has 0 unspecified atom stereocenters. The van der Waals surface area contributed by atoms with Crippen molar-refractivity contribution in [1.29, 1.82) is 0 Å². The molecule has 12 heavy (non-hydrogen) atoms. The molecule has 7 nitrogen and oxygen atoms in total. The van der Waals surface area contributed by atoms with Crippen LogP contribution in [0.2, 0.25) is 0 Å². The van der Waals surface area contributed by atoms with Gasteiger partial charge in [-0.05, 0) is 6.92 Å². The third-order valence-corrected chi connectivity index (χ3v) is 0.287. The van der Waals surface area contributed by atoms with Crippen LogP contribution in [0.5, 0.6) is 0 Å². The second-order valence-corrected chi connectivity index (χ2v) is 2.44. The molecule has 2 N–H and O–H groups in total. The van der Waals surface area contributed by atoms with E-state index in [9.17, 15) is 4.79 Å². The summed E-state index contributed by atoms with van der Waals surface area (Å²) in [7, 11) is 0. The number of carbonyl (C=O) groups excluding carboxylic acids is 1. The fraction of sp³-hybridized carbons (Fsp3) is 0.667. The maximum absolute atomic E-state index is 9.60. The zero-order valence-electron chi connectivity index (χ0n) is 6.35. The van der Waals surface area contributed by atoms with Crippen LogP contribution >= 0.6 is 0 Å². The van der Waals surface area contributed by atoms with Gasteiger partial charge in [0.05, 0.1) is 6.61 Å². The summed E-state index contributed by atoms with van der Waals surface area (Å²) in [5, 5.41) is 0. The molecule has 68 valence electrons. The first-order valence-corrected chi connectivity index (χ1v) is 4.44. The molecule has 0 aliphatic rings. The van der Waals surface area contributed by atoms with Gasteiger partial charge in [0.1, 0.15) is 0 Å². The zero-order valence-corrected chi connectivity index (χ0v) is 10.6. The SMILES string of the molecule is CCOC(N)=O.[O]=[Cr](=[O])([O-])[O-].[Zn+2]. The predicted octanol–water partition coefficient (Wildman–Crippen LogP) is -2.52. The molecule has 0 fully saturated rings. The minimum absolute atomic E-state index is 0. The van der Waals surface area contributed by atoms with Crippen LogP contribution in [-0.4, -0.2) is 12.7 Å². The molecule has 0 aromatic rings. The minimum atomic E-state index is -5.75. The van der Waals surface area contributed by atoms with Crippen molar-refractivity contribution in [2.75, 3.05) is 6.61 Å². The Morgan fingerprint density at radius 3 is 1.75 bits per heavy atom. The molecular formula is C3H7CrNO6Zn. The van der Waals surface area contributed by atoms with Crippen LogP contribution in [0.15, 0.2) is 0 Å². The van der Waals surface area contributed by atoms with Crippen LogP contribution in [0.3, 0.4) is 0 Å². The smallest absolute Gasteiger partial charge is 2.00 e. The van der Waals surface area contributed by atoms with Crippen molar-refractivity contribution in [3.8, 4) is 0 Å². The van der Waals surface area contributed by atoms with E-state index in [2.05, 4.69) is 10.5 Å². The Balaban J connectivity index is -0.000000126. The van der Waals surface area contributed by atoms with Gasteiger partial charge in [-0.2, -0.15) is 0 Å². The molecule has 0 aromatic heterocycles. The van der Waals surface area contributed by atoms with Crippen LogP contribution < -0.4 is 14.1 Å². The molecule has 0 bridgehead atoms. The molecule has 1 amide bonds. The first kappa shape index (κ1) is 17.9. The standard InChI is InChI=1S/C3H7NO2.Cr.4O.Zn/c1-2-6-3(4)5;;;;;;/h2H2,1H3,(H2,4,5);;;;;;/q;;;;2*-1;+2. The number of rotatable bonds is 1. The van der Waals surface area contributed by atoms with E-state index in [1.807, 2.05) is 0 Å². The van der Waals surface area contributed by atoms with Crippen molar-refractivity contribution in [3.05, 3.63) is 0 Å². The molecule has 0 aromatic carbocycles. The number of amides is 1. The Labute approximate surface area is 84.0 Å². The van der Waals surface area contributed by atoms with Crippen molar-refractivity contribution >= 4 is 6.09 Å². The van der Waals surface area contributed by atoms with E-state index >= 15 is 0 Å². The van der Waals surface area contributed by atoms with Crippen LogP contribution in [0.1, 0.15) is 6.92 Å². The normalized spacial score (nSPS) is 8.58. The predicted molar refractivity (Wildman–Crippen MR) is 22.6 cm³/mol. The Morgan fingerprint density at radius 2 is 1.75 bits per heavy atom. The van der Waals surface area contributed by atoms with Crippen molar-refractivity contribution in [2.24, 2.45) is 5.73 Å². The van der Waals surface area contributed by atoms with Gasteiger partial charge in [-0.1, -0.05) is 0 Å². The van der Waals surface area contributed by atoms with E-state index in [1.54, 1.807) is 6.92 Å². The average molecular weight is 270 g/mol. The number of hydrogen-bond donors (Lipinski definition) is 1. The quantitative estimate of drug-likeness (QED) is 0.523. The third kappa shape index (κ3) is 91.7. The van der Waals surface area contributed by atoms with Crippen LogP contribution in [0.25, 0.3) is 0 Å². The van der Waals surface area contributed by atoms with Gasteiger partial charge >= 0.3 is 55.1 Å².